The van der Waals surface area contributed by atoms with Gasteiger partial charge in [-0.25, -0.2) is 4.98 Å². The molecule has 7 heteroatoms. The molecule has 2 aliphatic rings. The normalized spacial score (nSPS) is 18.3. The standard InChI is InChI=1S/C24H25N3O4/c1-14-21(24(29)27-20-9-4-5-12-25-20)22(23-17(26-14)7-6-8-18(23)28)16-13-15(30-2)10-11-19(16)31-3/h4-5,9-13,22,26H,6-8H2,1-3H3,(H,25,27,29)/t22-/m0/s1. The molecule has 1 aromatic carbocycles. The molecule has 1 aromatic heterocycles. The van der Waals surface area contributed by atoms with Gasteiger partial charge in [-0.1, -0.05) is 6.07 Å². The highest BCUT2D eigenvalue weighted by molar-refractivity contribution is 6.09. The molecule has 0 spiro atoms. The van der Waals surface area contributed by atoms with Crippen LogP contribution in [-0.2, 0) is 9.59 Å². The molecule has 31 heavy (non-hydrogen) atoms. The number of carbonyl (C=O) groups excluding carboxylic acids is 2. The molecule has 160 valence electrons. The molecule has 1 amide bonds. The van der Waals surface area contributed by atoms with Gasteiger partial charge in [0.1, 0.15) is 17.3 Å². The van der Waals surface area contributed by atoms with Crippen LogP contribution < -0.4 is 20.1 Å². The second-order valence-corrected chi connectivity index (χ2v) is 7.54. The van der Waals surface area contributed by atoms with Crippen molar-refractivity contribution in [1.82, 2.24) is 10.3 Å². The molecule has 0 saturated carbocycles. The van der Waals surface area contributed by atoms with E-state index in [0.29, 0.717) is 40.6 Å². The lowest BCUT2D eigenvalue weighted by Gasteiger charge is -2.35. The van der Waals surface area contributed by atoms with Gasteiger partial charge in [0.2, 0.25) is 0 Å². The van der Waals surface area contributed by atoms with Gasteiger partial charge in [0.05, 0.1) is 20.1 Å². The Labute approximate surface area is 181 Å². The predicted molar refractivity (Wildman–Crippen MR) is 117 cm³/mol. The summed E-state index contributed by atoms with van der Waals surface area (Å²) in [6.07, 6.45) is 3.62. The van der Waals surface area contributed by atoms with Crippen LogP contribution in [0.25, 0.3) is 0 Å². The Bertz CT molecular complexity index is 1090. The van der Waals surface area contributed by atoms with E-state index in [1.165, 1.54) is 0 Å². The number of ketones is 1. The number of aromatic nitrogens is 1. The highest BCUT2D eigenvalue weighted by Gasteiger charge is 2.40. The van der Waals surface area contributed by atoms with Crippen LogP contribution in [0.4, 0.5) is 5.82 Å². The van der Waals surface area contributed by atoms with E-state index in [0.717, 1.165) is 24.1 Å². The number of amides is 1. The van der Waals surface area contributed by atoms with Crippen LogP contribution in [0.3, 0.4) is 0 Å². The van der Waals surface area contributed by atoms with E-state index in [-0.39, 0.29) is 11.7 Å². The molecule has 4 rings (SSSR count). The first-order valence-electron chi connectivity index (χ1n) is 10.2. The summed E-state index contributed by atoms with van der Waals surface area (Å²) in [5.74, 6) is 0.815. The van der Waals surface area contributed by atoms with E-state index in [4.69, 9.17) is 9.47 Å². The number of methoxy groups -OCH3 is 2. The number of carbonyl (C=O) groups is 2. The van der Waals surface area contributed by atoms with Gasteiger partial charge in [0, 0.05) is 40.7 Å². The molecule has 1 aliphatic heterocycles. The Morgan fingerprint density at radius 2 is 2.00 bits per heavy atom. The van der Waals surface area contributed by atoms with Crippen LogP contribution in [0.5, 0.6) is 11.5 Å². The number of Topliss-reactive ketones (excluding diaryl/α,β-unsaturated/α-hetero) is 1. The van der Waals surface area contributed by atoms with E-state index in [1.807, 2.05) is 13.0 Å². The Balaban J connectivity index is 1.87. The van der Waals surface area contributed by atoms with Crippen molar-refractivity contribution in [2.24, 2.45) is 0 Å². The fourth-order valence-corrected chi connectivity index (χ4v) is 4.28. The number of dihydropyridines is 1. The fraction of sp³-hybridized carbons (Fsp3) is 0.292. The molecular formula is C24H25N3O4. The SMILES string of the molecule is COc1ccc(OC)c([C@H]2C(C(=O)Nc3ccccn3)=C(C)NC3=C2C(=O)CCC3)c1. The minimum absolute atomic E-state index is 0.0410. The van der Waals surface area contributed by atoms with E-state index in [9.17, 15) is 9.59 Å². The zero-order valence-electron chi connectivity index (χ0n) is 17.8. The van der Waals surface area contributed by atoms with Crippen molar-refractivity contribution in [1.29, 1.82) is 0 Å². The number of rotatable bonds is 5. The molecule has 0 fully saturated rings. The van der Waals surface area contributed by atoms with Gasteiger partial charge in [-0.3, -0.25) is 9.59 Å². The van der Waals surface area contributed by atoms with E-state index < -0.39 is 5.92 Å². The van der Waals surface area contributed by atoms with Crippen molar-refractivity contribution in [3.8, 4) is 11.5 Å². The number of ether oxygens (including phenoxy) is 2. The zero-order valence-corrected chi connectivity index (χ0v) is 17.8. The third-order valence-corrected chi connectivity index (χ3v) is 5.67. The molecular weight excluding hydrogens is 394 g/mol. The van der Waals surface area contributed by atoms with Gasteiger partial charge in [0.25, 0.3) is 5.91 Å². The van der Waals surface area contributed by atoms with Crippen LogP contribution in [0.2, 0.25) is 0 Å². The van der Waals surface area contributed by atoms with E-state index >= 15 is 0 Å². The summed E-state index contributed by atoms with van der Waals surface area (Å²) in [6, 6.07) is 10.7. The Kier molecular flexibility index (Phi) is 5.75. The second kappa shape index (κ2) is 8.63. The third kappa shape index (κ3) is 3.91. The quantitative estimate of drug-likeness (QED) is 0.768. The number of benzene rings is 1. The molecule has 1 aliphatic carbocycles. The van der Waals surface area contributed by atoms with Crippen LogP contribution in [0, 0.1) is 0 Å². The molecule has 7 nitrogen and oxygen atoms in total. The van der Waals surface area contributed by atoms with E-state index in [2.05, 4.69) is 15.6 Å². The maximum atomic E-state index is 13.4. The molecule has 2 heterocycles. The third-order valence-electron chi connectivity index (χ3n) is 5.67. The van der Waals surface area contributed by atoms with Gasteiger partial charge < -0.3 is 20.1 Å². The van der Waals surface area contributed by atoms with E-state index in [1.54, 1.807) is 50.7 Å². The summed E-state index contributed by atoms with van der Waals surface area (Å²) in [7, 11) is 3.16. The number of nitrogens with zero attached hydrogens (tertiary/aromatic N) is 1. The summed E-state index contributed by atoms with van der Waals surface area (Å²) in [4.78, 5) is 30.7. The highest BCUT2D eigenvalue weighted by atomic mass is 16.5. The topological polar surface area (TPSA) is 89.6 Å². The van der Waals surface area contributed by atoms with Crippen molar-refractivity contribution in [3.63, 3.8) is 0 Å². The Hall–Kier alpha value is -3.61. The van der Waals surface area contributed by atoms with Crippen LogP contribution in [0.15, 0.2) is 65.1 Å². The second-order valence-electron chi connectivity index (χ2n) is 7.54. The summed E-state index contributed by atoms with van der Waals surface area (Å²) < 4.78 is 11.0. The summed E-state index contributed by atoms with van der Waals surface area (Å²) in [5, 5.41) is 6.18. The number of hydrogen-bond acceptors (Lipinski definition) is 6. The highest BCUT2D eigenvalue weighted by Crippen LogP contribution is 2.46. The first-order valence-corrected chi connectivity index (χ1v) is 10.2. The monoisotopic (exact) mass is 419 g/mol. The van der Waals surface area contributed by atoms with Gasteiger partial charge >= 0.3 is 0 Å². The number of pyridine rings is 1. The van der Waals surface area contributed by atoms with Gasteiger partial charge in [-0.2, -0.15) is 0 Å². The molecule has 2 N–H and O–H groups in total. The van der Waals surface area contributed by atoms with Crippen molar-refractivity contribution in [3.05, 3.63) is 70.7 Å². The maximum absolute atomic E-state index is 13.4. The first-order chi connectivity index (χ1) is 15.0. The molecule has 0 bridgehead atoms. The lowest BCUT2D eigenvalue weighted by Crippen LogP contribution is -2.35. The van der Waals surface area contributed by atoms with Crippen LogP contribution in [-0.4, -0.2) is 30.9 Å². The smallest absolute Gasteiger partial charge is 0.255 e. The lowest BCUT2D eigenvalue weighted by atomic mass is 9.74. The Morgan fingerprint density at radius 3 is 2.71 bits per heavy atom. The number of allylic oxidation sites excluding steroid dienone is 3. The van der Waals surface area contributed by atoms with Crippen molar-refractivity contribution in [2.75, 3.05) is 19.5 Å². The molecule has 1 atom stereocenters. The van der Waals surface area contributed by atoms with Crippen molar-refractivity contribution < 1.29 is 19.1 Å². The zero-order chi connectivity index (χ0) is 22.0. The average Bonchev–Trinajstić information content (AvgIpc) is 2.78. The summed E-state index contributed by atoms with van der Waals surface area (Å²) in [5.41, 5.74) is 3.38. The molecule has 0 radical (unpaired) electrons. The van der Waals surface area contributed by atoms with Crippen LogP contribution in [0.1, 0.15) is 37.7 Å². The first kappa shape index (κ1) is 20.7. The minimum atomic E-state index is -0.571. The number of hydrogen-bond donors (Lipinski definition) is 2. The fourth-order valence-electron chi connectivity index (χ4n) is 4.28. The number of anilines is 1. The predicted octanol–water partition coefficient (Wildman–Crippen LogP) is 3.71. The number of nitrogens with one attached hydrogen (secondary N) is 2. The summed E-state index contributed by atoms with van der Waals surface area (Å²) >= 11 is 0. The minimum Gasteiger partial charge on any atom is -0.497 e. The maximum Gasteiger partial charge on any atom is 0.255 e. The lowest BCUT2D eigenvalue weighted by molar-refractivity contribution is -0.116. The van der Waals surface area contributed by atoms with Crippen molar-refractivity contribution >= 4 is 17.5 Å². The van der Waals surface area contributed by atoms with Crippen LogP contribution >= 0.6 is 0 Å². The molecule has 0 unspecified atom stereocenters. The van der Waals surface area contributed by atoms with Gasteiger partial charge in [-0.15, -0.1) is 0 Å². The summed E-state index contributed by atoms with van der Waals surface area (Å²) in [6.45, 7) is 1.86. The molecule has 0 saturated heterocycles. The van der Waals surface area contributed by atoms with Crippen molar-refractivity contribution in [2.45, 2.75) is 32.1 Å². The molecule has 2 aromatic rings. The largest absolute Gasteiger partial charge is 0.497 e. The average molecular weight is 419 g/mol. The Morgan fingerprint density at radius 1 is 1.16 bits per heavy atom. The van der Waals surface area contributed by atoms with Gasteiger partial charge in [-0.05, 0) is 50.1 Å². The van der Waals surface area contributed by atoms with Gasteiger partial charge in [0.15, 0.2) is 5.78 Å².